The molecule has 0 aliphatic carbocycles. The fourth-order valence-corrected chi connectivity index (χ4v) is 2.75. The third-order valence-electron chi connectivity index (χ3n) is 3.50. The number of likely N-dealkylation sites (tertiary alicyclic amines) is 1. The smallest absolute Gasteiger partial charge is 0.123 e. The molecule has 4 heteroatoms. The van der Waals surface area contributed by atoms with Gasteiger partial charge in [-0.25, -0.2) is 0 Å². The Kier molecular flexibility index (Phi) is 4.87. The Bertz CT molecular complexity index is 397. The van der Waals surface area contributed by atoms with Crippen molar-refractivity contribution < 1.29 is 9.84 Å². The Labute approximate surface area is 113 Å². The first kappa shape index (κ1) is 13.7. The fraction of sp³-hybridized carbons (Fsp3) is 0.571. The van der Waals surface area contributed by atoms with Gasteiger partial charge in [-0.1, -0.05) is 11.6 Å². The SMILES string of the molecule is COc1ccc(Cl)cc1CN1CCCC(CO)C1. The molecule has 1 aromatic rings. The highest BCUT2D eigenvalue weighted by Gasteiger charge is 2.20. The Morgan fingerprint density at radius 3 is 3.06 bits per heavy atom. The summed E-state index contributed by atoms with van der Waals surface area (Å²) in [6, 6.07) is 5.71. The molecule has 0 spiro atoms. The van der Waals surface area contributed by atoms with Gasteiger partial charge in [0.05, 0.1) is 7.11 Å². The van der Waals surface area contributed by atoms with Gasteiger partial charge in [-0.2, -0.15) is 0 Å². The van der Waals surface area contributed by atoms with Gasteiger partial charge in [-0.05, 0) is 43.5 Å². The van der Waals surface area contributed by atoms with Crippen LogP contribution in [0.3, 0.4) is 0 Å². The molecule has 3 nitrogen and oxygen atoms in total. The van der Waals surface area contributed by atoms with E-state index in [-0.39, 0.29) is 6.61 Å². The van der Waals surface area contributed by atoms with E-state index in [0.717, 1.165) is 48.8 Å². The summed E-state index contributed by atoms with van der Waals surface area (Å²) in [5.41, 5.74) is 1.11. The van der Waals surface area contributed by atoms with Crippen LogP contribution < -0.4 is 4.74 Å². The summed E-state index contributed by atoms with van der Waals surface area (Å²) in [6.45, 7) is 3.14. The zero-order valence-electron chi connectivity index (χ0n) is 10.7. The molecule has 0 saturated carbocycles. The van der Waals surface area contributed by atoms with E-state index in [9.17, 15) is 5.11 Å². The van der Waals surface area contributed by atoms with Gasteiger partial charge in [0, 0.05) is 30.3 Å². The summed E-state index contributed by atoms with van der Waals surface area (Å²) < 4.78 is 5.36. The normalized spacial score (nSPS) is 20.9. The van der Waals surface area contributed by atoms with Crippen LogP contribution in [-0.4, -0.2) is 36.8 Å². The Morgan fingerprint density at radius 2 is 2.33 bits per heavy atom. The van der Waals surface area contributed by atoms with Crippen LogP contribution in [0.4, 0.5) is 0 Å². The van der Waals surface area contributed by atoms with Gasteiger partial charge in [0.25, 0.3) is 0 Å². The van der Waals surface area contributed by atoms with Crippen LogP contribution in [0.15, 0.2) is 18.2 Å². The molecule has 100 valence electrons. The summed E-state index contributed by atoms with van der Waals surface area (Å²) >= 11 is 6.03. The van der Waals surface area contributed by atoms with Gasteiger partial charge >= 0.3 is 0 Å². The number of hydrogen-bond donors (Lipinski definition) is 1. The van der Waals surface area contributed by atoms with Crippen molar-refractivity contribution in [3.8, 4) is 5.75 Å². The van der Waals surface area contributed by atoms with E-state index in [2.05, 4.69) is 4.90 Å². The minimum absolute atomic E-state index is 0.281. The predicted octanol–water partition coefficient (Wildman–Crippen LogP) is 2.55. The van der Waals surface area contributed by atoms with Gasteiger partial charge in [-0.3, -0.25) is 4.90 Å². The maximum atomic E-state index is 9.25. The third kappa shape index (κ3) is 3.37. The highest BCUT2D eigenvalue weighted by molar-refractivity contribution is 6.30. The van der Waals surface area contributed by atoms with Crippen molar-refractivity contribution in [1.29, 1.82) is 0 Å². The van der Waals surface area contributed by atoms with E-state index < -0.39 is 0 Å². The number of hydrogen-bond acceptors (Lipinski definition) is 3. The summed E-state index contributed by atoms with van der Waals surface area (Å²) in [5, 5.41) is 9.98. The van der Waals surface area contributed by atoms with Gasteiger partial charge < -0.3 is 9.84 Å². The van der Waals surface area contributed by atoms with E-state index in [1.807, 2.05) is 18.2 Å². The molecule has 1 heterocycles. The van der Waals surface area contributed by atoms with E-state index in [1.165, 1.54) is 0 Å². The van der Waals surface area contributed by atoms with Crippen LogP contribution in [0, 0.1) is 5.92 Å². The number of benzene rings is 1. The lowest BCUT2D eigenvalue weighted by Gasteiger charge is -2.32. The third-order valence-corrected chi connectivity index (χ3v) is 3.73. The molecule has 0 bridgehead atoms. The Morgan fingerprint density at radius 1 is 1.50 bits per heavy atom. The number of aliphatic hydroxyl groups is 1. The number of piperidine rings is 1. The van der Waals surface area contributed by atoms with Crippen LogP contribution in [-0.2, 0) is 6.54 Å². The van der Waals surface area contributed by atoms with Crippen molar-refractivity contribution in [2.75, 3.05) is 26.8 Å². The van der Waals surface area contributed by atoms with Crippen LogP contribution >= 0.6 is 11.6 Å². The number of ether oxygens (including phenoxy) is 1. The Balaban J connectivity index is 2.06. The maximum Gasteiger partial charge on any atom is 0.123 e. The topological polar surface area (TPSA) is 32.7 Å². The highest BCUT2D eigenvalue weighted by atomic mass is 35.5. The maximum absolute atomic E-state index is 9.25. The van der Waals surface area contributed by atoms with Crippen LogP contribution in [0.25, 0.3) is 0 Å². The molecule has 1 fully saturated rings. The first-order chi connectivity index (χ1) is 8.72. The minimum Gasteiger partial charge on any atom is -0.496 e. The number of aliphatic hydroxyl groups excluding tert-OH is 1. The molecule has 1 N–H and O–H groups in total. The van der Waals surface area contributed by atoms with E-state index >= 15 is 0 Å². The molecule has 1 aliphatic heterocycles. The molecule has 1 saturated heterocycles. The minimum atomic E-state index is 0.281. The molecule has 1 aromatic carbocycles. The van der Waals surface area contributed by atoms with Gasteiger partial charge in [0.15, 0.2) is 0 Å². The van der Waals surface area contributed by atoms with Crippen LogP contribution in [0.2, 0.25) is 5.02 Å². The molecular weight excluding hydrogens is 250 g/mol. The molecule has 1 unspecified atom stereocenters. The lowest BCUT2D eigenvalue weighted by atomic mass is 9.98. The first-order valence-electron chi connectivity index (χ1n) is 6.38. The van der Waals surface area contributed by atoms with E-state index in [0.29, 0.717) is 5.92 Å². The monoisotopic (exact) mass is 269 g/mol. The standard InChI is InChI=1S/C14H20ClNO2/c1-18-14-5-4-13(15)7-12(14)9-16-6-2-3-11(8-16)10-17/h4-5,7,11,17H,2-3,6,8-10H2,1H3. The fourth-order valence-electron chi connectivity index (χ4n) is 2.56. The van der Waals surface area contributed by atoms with Crippen LogP contribution in [0.5, 0.6) is 5.75 Å². The number of nitrogens with zero attached hydrogens (tertiary/aromatic N) is 1. The van der Waals surface area contributed by atoms with Crippen molar-refractivity contribution in [1.82, 2.24) is 4.90 Å². The van der Waals surface area contributed by atoms with Crippen molar-refractivity contribution >= 4 is 11.6 Å². The van der Waals surface area contributed by atoms with E-state index in [4.69, 9.17) is 16.3 Å². The second kappa shape index (κ2) is 6.41. The molecule has 1 aliphatic rings. The highest BCUT2D eigenvalue weighted by Crippen LogP contribution is 2.26. The predicted molar refractivity (Wildman–Crippen MR) is 73.1 cm³/mol. The average Bonchev–Trinajstić information content (AvgIpc) is 2.39. The van der Waals surface area contributed by atoms with E-state index in [1.54, 1.807) is 7.11 Å². The van der Waals surface area contributed by atoms with Crippen molar-refractivity contribution in [3.05, 3.63) is 28.8 Å². The summed E-state index contributed by atoms with van der Waals surface area (Å²) in [6.07, 6.45) is 2.27. The van der Waals surface area contributed by atoms with Gasteiger partial charge in [0.2, 0.25) is 0 Å². The summed E-state index contributed by atoms with van der Waals surface area (Å²) in [4.78, 5) is 2.36. The quantitative estimate of drug-likeness (QED) is 0.912. The lowest BCUT2D eigenvalue weighted by Crippen LogP contribution is -2.36. The van der Waals surface area contributed by atoms with Crippen LogP contribution in [0.1, 0.15) is 18.4 Å². The number of methoxy groups -OCH3 is 1. The summed E-state index contributed by atoms with van der Waals surface area (Å²) in [5.74, 6) is 1.29. The second-order valence-corrected chi connectivity index (χ2v) is 5.32. The van der Waals surface area contributed by atoms with Crippen molar-refractivity contribution in [2.24, 2.45) is 5.92 Å². The van der Waals surface area contributed by atoms with Crippen molar-refractivity contribution in [2.45, 2.75) is 19.4 Å². The molecular formula is C14H20ClNO2. The van der Waals surface area contributed by atoms with Gasteiger partial charge in [-0.15, -0.1) is 0 Å². The summed E-state index contributed by atoms with van der Waals surface area (Å²) in [7, 11) is 1.68. The molecule has 18 heavy (non-hydrogen) atoms. The lowest BCUT2D eigenvalue weighted by molar-refractivity contribution is 0.115. The number of halogens is 1. The molecule has 0 aromatic heterocycles. The van der Waals surface area contributed by atoms with Crippen molar-refractivity contribution in [3.63, 3.8) is 0 Å². The molecule has 2 rings (SSSR count). The largest absolute Gasteiger partial charge is 0.496 e. The first-order valence-corrected chi connectivity index (χ1v) is 6.76. The molecule has 0 amide bonds. The molecule has 0 radical (unpaired) electrons. The zero-order valence-corrected chi connectivity index (χ0v) is 11.5. The zero-order chi connectivity index (χ0) is 13.0. The second-order valence-electron chi connectivity index (χ2n) is 4.88. The number of rotatable bonds is 4. The average molecular weight is 270 g/mol. The van der Waals surface area contributed by atoms with Gasteiger partial charge in [0.1, 0.15) is 5.75 Å². The molecule has 1 atom stereocenters. The Hall–Kier alpha value is -0.770.